The highest BCUT2D eigenvalue weighted by atomic mass is 16.5. The Labute approximate surface area is 192 Å². The Kier molecular flexibility index (Phi) is 7.29. The van der Waals surface area contributed by atoms with Gasteiger partial charge >= 0.3 is 5.97 Å². The molecule has 0 amide bonds. The first-order valence-electron chi connectivity index (χ1n) is 11.5. The molecule has 4 rings (SSSR count). The van der Waals surface area contributed by atoms with E-state index in [1.165, 1.54) is 25.2 Å². The Bertz CT molecular complexity index is 1160. The van der Waals surface area contributed by atoms with Gasteiger partial charge in [-0.15, -0.1) is 0 Å². The van der Waals surface area contributed by atoms with Crippen LogP contribution in [0.4, 0.5) is 0 Å². The number of hydrogen-bond donors (Lipinski definition) is 1. The maximum Gasteiger partial charge on any atom is 0.338 e. The number of hydrogen-bond acceptors (Lipinski definition) is 7. The van der Waals surface area contributed by atoms with E-state index in [0.717, 1.165) is 32.4 Å². The van der Waals surface area contributed by atoms with E-state index in [9.17, 15) is 14.7 Å². The Morgan fingerprint density at radius 2 is 1.79 bits per heavy atom. The minimum Gasteiger partial charge on any atom is -0.507 e. The topological polar surface area (TPSA) is 89.2 Å². The fourth-order valence-electron chi connectivity index (χ4n) is 4.03. The van der Waals surface area contributed by atoms with Gasteiger partial charge in [0.2, 0.25) is 11.2 Å². The van der Waals surface area contributed by atoms with Crippen LogP contribution in [0, 0.1) is 0 Å². The standard InChI is InChI=1S/C26H29NO6/c1-2-15-31-26(30)18-7-9-19(10-8-18)33-23-17-32-25-20(24(23)29)11-12-22(28)21(25)16-27-13-5-3-4-6-14-27/h7-12,17,28H,2-6,13-16H2,1H3. The molecule has 7 nitrogen and oxygen atoms in total. The molecule has 0 saturated carbocycles. The number of phenols is 1. The number of aromatic hydroxyl groups is 1. The van der Waals surface area contributed by atoms with E-state index >= 15 is 0 Å². The van der Waals surface area contributed by atoms with Crippen LogP contribution in [-0.2, 0) is 11.3 Å². The lowest BCUT2D eigenvalue weighted by Crippen LogP contribution is -2.24. The van der Waals surface area contributed by atoms with Gasteiger partial charge in [0.05, 0.1) is 23.1 Å². The van der Waals surface area contributed by atoms with Crippen molar-refractivity contribution in [2.75, 3.05) is 19.7 Å². The van der Waals surface area contributed by atoms with Gasteiger partial charge in [0.15, 0.2) is 0 Å². The predicted octanol–water partition coefficient (Wildman–Crippen LogP) is 5.23. The summed E-state index contributed by atoms with van der Waals surface area (Å²) in [5.74, 6) is 0.159. The van der Waals surface area contributed by atoms with Crippen molar-refractivity contribution in [1.82, 2.24) is 4.90 Å². The van der Waals surface area contributed by atoms with Crippen molar-refractivity contribution in [3.63, 3.8) is 0 Å². The second kappa shape index (κ2) is 10.5. The van der Waals surface area contributed by atoms with Crippen LogP contribution in [0.3, 0.4) is 0 Å². The molecule has 1 fully saturated rings. The highest BCUT2D eigenvalue weighted by Crippen LogP contribution is 2.30. The number of likely N-dealkylation sites (tertiary alicyclic amines) is 1. The first-order chi connectivity index (χ1) is 16.1. The molecular weight excluding hydrogens is 422 g/mol. The van der Waals surface area contributed by atoms with Gasteiger partial charge in [0.25, 0.3) is 0 Å². The number of benzene rings is 2. The van der Waals surface area contributed by atoms with Gasteiger partial charge in [-0.1, -0.05) is 19.8 Å². The molecule has 0 unspecified atom stereocenters. The van der Waals surface area contributed by atoms with Gasteiger partial charge in [0.1, 0.15) is 23.3 Å². The molecule has 174 valence electrons. The first kappa shape index (κ1) is 22.9. The summed E-state index contributed by atoms with van der Waals surface area (Å²) in [6.45, 7) is 4.75. The van der Waals surface area contributed by atoms with Crippen molar-refractivity contribution in [3.8, 4) is 17.2 Å². The van der Waals surface area contributed by atoms with Gasteiger partial charge in [-0.2, -0.15) is 0 Å². The van der Waals surface area contributed by atoms with Crippen LogP contribution < -0.4 is 10.2 Å². The predicted molar refractivity (Wildman–Crippen MR) is 125 cm³/mol. The molecule has 1 saturated heterocycles. The van der Waals surface area contributed by atoms with Crippen LogP contribution >= 0.6 is 0 Å². The van der Waals surface area contributed by atoms with Crippen LogP contribution in [0.25, 0.3) is 11.0 Å². The quantitative estimate of drug-likeness (QED) is 0.492. The fraction of sp³-hybridized carbons (Fsp3) is 0.385. The summed E-state index contributed by atoms with van der Waals surface area (Å²) in [6.07, 6.45) is 6.72. The van der Waals surface area contributed by atoms with Crippen LogP contribution in [0.2, 0.25) is 0 Å². The third kappa shape index (κ3) is 5.37. The van der Waals surface area contributed by atoms with Crippen LogP contribution in [0.1, 0.15) is 54.9 Å². The molecule has 0 radical (unpaired) electrons. The minimum atomic E-state index is -0.398. The van der Waals surface area contributed by atoms with Crippen LogP contribution in [0.15, 0.2) is 51.9 Å². The number of carbonyl (C=O) groups is 1. The molecule has 0 bridgehead atoms. The van der Waals surface area contributed by atoms with Gasteiger partial charge in [-0.05, 0) is 68.8 Å². The summed E-state index contributed by atoms with van der Waals surface area (Å²) < 4.78 is 16.7. The van der Waals surface area contributed by atoms with Crippen molar-refractivity contribution in [2.45, 2.75) is 45.6 Å². The first-order valence-corrected chi connectivity index (χ1v) is 11.5. The SMILES string of the molecule is CCCOC(=O)c1ccc(Oc2coc3c(CN4CCCCCC4)c(O)ccc3c2=O)cc1. The summed E-state index contributed by atoms with van der Waals surface area (Å²) in [4.78, 5) is 27.3. The zero-order chi connectivity index (χ0) is 23.2. The number of rotatable bonds is 7. The van der Waals surface area contributed by atoms with E-state index in [4.69, 9.17) is 13.9 Å². The lowest BCUT2D eigenvalue weighted by atomic mass is 10.1. The van der Waals surface area contributed by atoms with E-state index in [2.05, 4.69) is 4.90 Å². The van der Waals surface area contributed by atoms with E-state index in [-0.39, 0.29) is 16.9 Å². The minimum absolute atomic E-state index is 0.0372. The molecule has 3 aromatic rings. The average molecular weight is 452 g/mol. The summed E-state index contributed by atoms with van der Waals surface area (Å²) in [5, 5.41) is 10.8. The average Bonchev–Trinajstić information content (AvgIpc) is 3.10. The molecule has 33 heavy (non-hydrogen) atoms. The Morgan fingerprint density at radius 1 is 1.06 bits per heavy atom. The highest BCUT2D eigenvalue weighted by molar-refractivity contribution is 5.89. The molecule has 0 aliphatic carbocycles. The molecule has 7 heteroatoms. The second-order valence-electron chi connectivity index (χ2n) is 8.32. The third-order valence-corrected chi connectivity index (χ3v) is 5.82. The Hall–Kier alpha value is -3.32. The van der Waals surface area contributed by atoms with E-state index in [0.29, 0.717) is 41.0 Å². The van der Waals surface area contributed by atoms with Crippen molar-refractivity contribution in [2.24, 2.45) is 0 Å². The zero-order valence-corrected chi connectivity index (χ0v) is 18.8. The maximum absolute atomic E-state index is 13.1. The number of esters is 1. The molecule has 1 N–H and O–H groups in total. The smallest absolute Gasteiger partial charge is 0.338 e. The van der Waals surface area contributed by atoms with E-state index < -0.39 is 5.97 Å². The number of fused-ring (bicyclic) bond motifs is 1. The second-order valence-corrected chi connectivity index (χ2v) is 8.32. The van der Waals surface area contributed by atoms with Gasteiger partial charge in [-0.25, -0.2) is 4.79 Å². The van der Waals surface area contributed by atoms with Crippen molar-refractivity contribution in [1.29, 1.82) is 0 Å². The molecule has 1 aliphatic rings. The van der Waals surface area contributed by atoms with Crippen molar-refractivity contribution >= 4 is 16.9 Å². The van der Waals surface area contributed by atoms with Gasteiger partial charge in [-0.3, -0.25) is 9.69 Å². The lowest BCUT2D eigenvalue weighted by molar-refractivity contribution is 0.0505. The molecule has 0 atom stereocenters. The normalized spacial score (nSPS) is 14.7. The Morgan fingerprint density at radius 3 is 2.48 bits per heavy atom. The largest absolute Gasteiger partial charge is 0.507 e. The molecule has 2 heterocycles. The van der Waals surface area contributed by atoms with E-state index in [1.807, 2.05) is 6.92 Å². The lowest BCUT2D eigenvalue weighted by Gasteiger charge is -2.20. The molecular formula is C26H29NO6. The number of ether oxygens (including phenoxy) is 2. The summed E-state index contributed by atoms with van der Waals surface area (Å²) in [6, 6.07) is 9.48. The van der Waals surface area contributed by atoms with Crippen LogP contribution in [-0.4, -0.2) is 35.7 Å². The summed E-state index contributed by atoms with van der Waals surface area (Å²) in [5.41, 5.74) is 1.09. The van der Waals surface area contributed by atoms with Gasteiger partial charge < -0.3 is 19.0 Å². The highest BCUT2D eigenvalue weighted by Gasteiger charge is 2.19. The maximum atomic E-state index is 13.1. The third-order valence-electron chi connectivity index (χ3n) is 5.82. The molecule has 1 aromatic heterocycles. The molecule has 1 aliphatic heterocycles. The monoisotopic (exact) mass is 451 g/mol. The summed E-state index contributed by atoms with van der Waals surface area (Å²) in [7, 11) is 0. The summed E-state index contributed by atoms with van der Waals surface area (Å²) >= 11 is 0. The number of phenolic OH excluding ortho intramolecular Hbond substituents is 1. The molecule has 2 aromatic carbocycles. The molecule has 0 spiro atoms. The van der Waals surface area contributed by atoms with E-state index in [1.54, 1.807) is 30.3 Å². The van der Waals surface area contributed by atoms with Crippen LogP contribution in [0.5, 0.6) is 17.2 Å². The van der Waals surface area contributed by atoms with Gasteiger partial charge in [0, 0.05) is 6.54 Å². The Balaban J connectivity index is 1.56. The number of nitrogens with zero attached hydrogens (tertiary/aromatic N) is 1. The van der Waals surface area contributed by atoms with Crippen molar-refractivity contribution < 1.29 is 23.8 Å². The zero-order valence-electron chi connectivity index (χ0n) is 18.8. The number of carbonyl (C=O) groups excluding carboxylic acids is 1. The fourth-order valence-corrected chi connectivity index (χ4v) is 4.03. The van der Waals surface area contributed by atoms with Crippen molar-refractivity contribution in [3.05, 3.63) is 64.0 Å².